The van der Waals surface area contributed by atoms with Crippen molar-refractivity contribution in [3.05, 3.63) is 143 Å². The fourth-order valence-electron chi connectivity index (χ4n) is 4.73. The molecule has 0 spiro atoms. The molecule has 5 heteroatoms. The van der Waals surface area contributed by atoms with Gasteiger partial charge in [0.25, 0.3) is 11.7 Å². The van der Waals surface area contributed by atoms with Crippen LogP contribution in [-0.2, 0) is 22.6 Å². The topological polar surface area (TPSA) is 66.8 Å². The Bertz CT molecular complexity index is 1460. The largest absolute Gasteiger partial charge is 0.507 e. The van der Waals surface area contributed by atoms with Crippen LogP contribution in [0.5, 0.6) is 5.75 Å². The van der Waals surface area contributed by atoms with Gasteiger partial charge in [-0.2, -0.15) is 0 Å². The van der Waals surface area contributed by atoms with Crippen molar-refractivity contribution in [3.63, 3.8) is 0 Å². The zero-order valence-corrected chi connectivity index (χ0v) is 21.2. The molecular formula is C33H29NO4. The summed E-state index contributed by atoms with van der Waals surface area (Å²) in [6.07, 6.45) is 0.582. The Morgan fingerprint density at radius 3 is 2.16 bits per heavy atom. The first-order valence-electron chi connectivity index (χ1n) is 12.7. The van der Waals surface area contributed by atoms with Gasteiger partial charge in [-0.25, -0.2) is 0 Å². The van der Waals surface area contributed by atoms with Gasteiger partial charge in [0, 0.05) is 12.1 Å². The lowest BCUT2D eigenvalue weighted by Gasteiger charge is -2.26. The van der Waals surface area contributed by atoms with E-state index in [1.54, 1.807) is 17.0 Å². The minimum absolute atomic E-state index is 0.0899. The Balaban J connectivity index is 1.52. The minimum atomic E-state index is -0.736. The van der Waals surface area contributed by atoms with Gasteiger partial charge >= 0.3 is 0 Å². The summed E-state index contributed by atoms with van der Waals surface area (Å²) in [6, 6.07) is 33.6. The second-order valence-electron chi connectivity index (χ2n) is 9.44. The molecule has 4 aromatic carbocycles. The summed E-state index contributed by atoms with van der Waals surface area (Å²) >= 11 is 0. The number of carbonyl (C=O) groups is 2. The molecule has 1 saturated heterocycles. The fraction of sp³-hybridized carbons (Fsp3) is 0.152. The third-order valence-corrected chi connectivity index (χ3v) is 6.77. The van der Waals surface area contributed by atoms with Crippen molar-refractivity contribution in [2.24, 2.45) is 0 Å². The predicted octanol–water partition coefficient (Wildman–Crippen LogP) is 6.24. The highest BCUT2D eigenvalue weighted by Gasteiger charge is 2.45. The number of nitrogens with zero attached hydrogens (tertiary/aromatic N) is 1. The van der Waals surface area contributed by atoms with Crippen LogP contribution in [0.25, 0.3) is 5.76 Å². The molecule has 1 fully saturated rings. The first-order valence-corrected chi connectivity index (χ1v) is 12.7. The molecule has 1 atom stereocenters. The number of aliphatic hydroxyl groups excluding tert-OH is 1. The number of hydrogen-bond donors (Lipinski definition) is 1. The van der Waals surface area contributed by atoms with Gasteiger partial charge in [-0.1, -0.05) is 103 Å². The second-order valence-corrected chi connectivity index (χ2v) is 9.44. The molecule has 1 N–H and O–H groups in total. The maximum Gasteiger partial charge on any atom is 0.295 e. The van der Waals surface area contributed by atoms with E-state index < -0.39 is 17.7 Å². The average molecular weight is 504 g/mol. The smallest absolute Gasteiger partial charge is 0.295 e. The second kappa shape index (κ2) is 11.2. The number of benzene rings is 4. The Kier molecular flexibility index (Phi) is 7.36. The molecule has 0 radical (unpaired) electrons. The summed E-state index contributed by atoms with van der Waals surface area (Å²) in [5, 5.41) is 11.3. The molecule has 0 saturated carbocycles. The summed E-state index contributed by atoms with van der Waals surface area (Å²) < 4.78 is 6.04. The lowest BCUT2D eigenvalue weighted by Crippen LogP contribution is -2.31. The van der Waals surface area contributed by atoms with Crippen LogP contribution >= 0.6 is 0 Å². The van der Waals surface area contributed by atoms with Crippen molar-refractivity contribution < 1.29 is 19.4 Å². The average Bonchev–Trinajstić information content (AvgIpc) is 3.21. The van der Waals surface area contributed by atoms with Crippen LogP contribution in [-0.4, -0.2) is 28.2 Å². The van der Waals surface area contributed by atoms with Crippen molar-refractivity contribution in [2.45, 2.75) is 26.0 Å². The summed E-state index contributed by atoms with van der Waals surface area (Å²) in [6.45, 7) is 2.67. The van der Waals surface area contributed by atoms with Crippen molar-refractivity contribution in [2.75, 3.05) is 6.54 Å². The maximum atomic E-state index is 13.3. The minimum Gasteiger partial charge on any atom is -0.507 e. The van der Waals surface area contributed by atoms with E-state index in [1.807, 2.05) is 104 Å². The number of aliphatic hydroxyl groups is 1. The molecule has 5 nitrogen and oxygen atoms in total. The molecule has 0 aliphatic carbocycles. The molecule has 1 amide bonds. The maximum absolute atomic E-state index is 13.3. The van der Waals surface area contributed by atoms with Gasteiger partial charge < -0.3 is 14.7 Å². The van der Waals surface area contributed by atoms with Crippen molar-refractivity contribution in [3.8, 4) is 5.75 Å². The van der Waals surface area contributed by atoms with Gasteiger partial charge in [-0.05, 0) is 42.2 Å². The number of hydrogen-bond acceptors (Lipinski definition) is 4. The normalized spacial score (nSPS) is 16.6. The Labute approximate surface area is 222 Å². The van der Waals surface area contributed by atoms with Crippen LogP contribution in [0.15, 0.2) is 115 Å². The zero-order chi connectivity index (χ0) is 26.5. The van der Waals surface area contributed by atoms with E-state index in [2.05, 4.69) is 0 Å². The first kappa shape index (κ1) is 25.0. The van der Waals surface area contributed by atoms with E-state index in [0.717, 1.165) is 16.7 Å². The summed E-state index contributed by atoms with van der Waals surface area (Å²) in [7, 11) is 0. The molecule has 1 unspecified atom stereocenters. The highest BCUT2D eigenvalue weighted by atomic mass is 16.5. The number of Topliss-reactive ketones (excluding diaryl/α,β-unsaturated/α-hetero) is 1. The van der Waals surface area contributed by atoms with Gasteiger partial charge in [0.15, 0.2) is 0 Å². The number of aryl methyl sites for hydroxylation is 1. The Morgan fingerprint density at radius 2 is 1.47 bits per heavy atom. The van der Waals surface area contributed by atoms with E-state index in [9.17, 15) is 14.7 Å². The molecule has 4 aromatic rings. The zero-order valence-electron chi connectivity index (χ0n) is 21.2. The van der Waals surface area contributed by atoms with Crippen LogP contribution in [0, 0.1) is 6.92 Å². The van der Waals surface area contributed by atoms with E-state index in [1.165, 1.54) is 0 Å². The van der Waals surface area contributed by atoms with Crippen LogP contribution in [0.1, 0.15) is 33.9 Å². The van der Waals surface area contributed by atoms with E-state index in [4.69, 9.17) is 4.74 Å². The summed E-state index contributed by atoms with van der Waals surface area (Å²) in [4.78, 5) is 28.2. The summed E-state index contributed by atoms with van der Waals surface area (Å²) in [5.41, 5.74) is 4.42. The quantitative estimate of drug-likeness (QED) is 0.176. The molecule has 5 rings (SSSR count). The number of ether oxygens (including phenoxy) is 1. The van der Waals surface area contributed by atoms with Crippen LogP contribution in [0.3, 0.4) is 0 Å². The monoisotopic (exact) mass is 503 g/mol. The standard InChI is InChI=1S/C33H29NO4/c1-23-15-17-26(18-16-23)31(35)29-30(34(33(37)32(29)36)20-19-24-9-4-2-5-10-24)27-13-8-14-28(21-27)38-22-25-11-6-3-7-12-25/h2-18,21,30,35H,19-20,22H2,1H3/b31-29+. The molecule has 1 aliphatic rings. The molecule has 38 heavy (non-hydrogen) atoms. The van der Waals surface area contributed by atoms with Gasteiger partial charge in [0.1, 0.15) is 18.1 Å². The van der Waals surface area contributed by atoms with Gasteiger partial charge in [-0.3, -0.25) is 9.59 Å². The molecule has 190 valence electrons. The third-order valence-electron chi connectivity index (χ3n) is 6.77. The van der Waals surface area contributed by atoms with Crippen LogP contribution < -0.4 is 4.74 Å². The number of carbonyl (C=O) groups excluding carboxylic acids is 2. The summed E-state index contributed by atoms with van der Waals surface area (Å²) in [5.74, 6) is -0.853. The molecule has 0 bridgehead atoms. The van der Waals surface area contributed by atoms with Crippen molar-refractivity contribution in [1.29, 1.82) is 0 Å². The van der Waals surface area contributed by atoms with Crippen LogP contribution in [0.4, 0.5) is 0 Å². The first-order chi connectivity index (χ1) is 18.5. The highest BCUT2D eigenvalue weighted by molar-refractivity contribution is 6.46. The lowest BCUT2D eigenvalue weighted by atomic mass is 9.94. The number of rotatable bonds is 8. The number of amides is 1. The Morgan fingerprint density at radius 1 is 0.816 bits per heavy atom. The van der Waals surface area contributed by atoms with E-state index >= 15 is 0 Å². The highest BCUT2D eigenvalue weighted by Crippen LogP contribution is 2.40. The third kappa shape index (κ3) is 5.37. The number of likely N-dealkylation sites (tertiary alicyclic amines) is 1. The van der Waals surface area contributed by atoms with Crippen molar-refractivity contribution >= 4 is 17.4 Å². The van der Waals surface area contributed by atoms with Gasteiger partial charge in [0.05, 0.1) is 11.6 Å². The SMILES string of the molecule is Cc1ccc(/C(O)=C2\C(=O)C(=O)N(CCc3ccccc3)C2c2cccc(OCc3ccccc3)c2)cc1. The molecule has 1 heterocycles. The lowest BCUT2D eigenvalue weighted by molar-refractivity contribution is -0.139. The number of ketones is 1. The molecular weight excluding hydrogens is 474 g/mol. The molecule has 1 aliphatic heterocycles. The molecule has 0 aromatic heterocycles. The van der Waals surface area contributed by atoms with Gasteiger partial charge in [0.2, 0.25) is 0 Å². The van der Waals surface area contributed by atoms with E-state index in [-0.39, 0.29) is 11.3 Å². The van der Waals surface area contributed by atoms with Crippen LogP contribution in [0.2, 0.25) is 0 Å². The predicted molar refractivity (Wildman–Crippen MR) is 148 cm³/mol. The van der Waals surface area contributed by atoms with E-state index in [0.29, 0.717) is 36.4 Å². The fourth-order valence-corrected chi connectivity index (χ4v) is 4.73. The Hall–Kier alpha value is -4.64. The van der Waals surface area contributed by atoms with Gasteiger partial charge in [-0.15, -0.1) is 0 Å². The van der Waals surface area contributed by atoms with Crippen molar-refractivity contribution in [1.82, 2.24) is 4.90 Å².